The van der Waals surface area contributed by atoms with Gasteiger partial charge in [-0.05, 0) is 55.8 Å². The van der Waals surface area contributed by atoms with Crippen LogP contribution in [0.2, 0.25) is 0 Å². The maximum atomic E-state index is 13.4. The molecule has 2 aromatic heterocycles. The van der Waals surface area contributed by atoms with Crippen molar-refractivity contribution in [3.8, 4) is 22.6 Å². The fourth-order valence-electron chi connectivity index (χ4n) is 3.45. The molecule has 4 aromatic rings. The molecule has 154 valence electrons. The first-order chi connectivity index (χ1) is 14.5. The van der Waals surface area contributed by atoms with Crippen molar-refractivity contribution in [1.29, 1.82) is 0 Å². The summed E-state index contributed by atoms with van der Waals surface area (Å²) >= 11 is 1.48. The van der Waals surface area contributed by atoms with Gasteiger partial charge in [-0.15, -0.1) is 11.3 Å². The van der Waals surface area contributed by atoms with Crippen LogP contribution < -0.4 is 15.0 Å². The van der Waals surface area contributed by atoms with Crippen molar-refractivity contribution in [3.63, 3.8) is 0 Å². The molecule has 0 fully saturated rings. The van der Waals surface area contributed by atoms with Gasteiger partial charge in [-0.2, -0.15) is 0 Å². The highest BCUT2D eigenvalue weighted by atomic mass is 32.1. The molecule has 5 nitrogen and oxygen atoms in total. The summed E-state index contributed by atoms with van der Waals surface area (Å²) in [5.74, 6) is 1.79. The zero-order valence-corrected chi connectivity index (χ0v) is 17.8. The molecule has 7 heteroatoms. The van der Waals surface area contributed by atoms with E-state index in [-0.39, 0.29) is 11.4 Å². The van der Waals surface area contributed by atoms with Gasteiger partial charge < -0.3 is 9.47 Å². The molecule has 0 aliphatic carbocycles. The van der Waals surface area contributed by atoms with Crippen LogP contribution in [0, 0.1) is 19.7 Å². The Bertz CT molecular complexity index is 1240. The van der Waals surface area contributed by atoms with Gasteiger partial charge >= 0.3 is 0 Å². The number of nitrogens with zero attached hydrogens (tertiary/aromatic N) is 2. The summed E-state index contributed by atoms with van der Waals surface area (Å²) in [5, 5.41) is 0.569. The zero-order valence-electron chi connectivity index (χ0n) is 16.9. The molecule has 30 heavy (non-hydrogen) atoms. The van der Waals surface area contributed by atoms with Crippen molar-refractivity contribution in [2.45, 2.75) is 20.4 Å². The third-order valence-electron chi connectivity index (χ3n) is 4.95. The van der Waals surface area contributed by atoms with Crippen LogP contribution in [-0.2, 0) is 6.54 Å². The van der Waals surface area contributed by atoms with Gasteiger partial charge in [0.25, 0.3) is 5.56 Å². The minimum absolute atomic E-state index is 0.112. The van der Waals surface area contributed by atoms with Crippen LogP contribution in [-0.4, -0.2) is 23.3 Å². The Balaban J connectivity index is 1.65. The van der Waals surface area contributed by atoms with Crippen LogP contribution in [0.4, 0.5) is 4.39 Å². The van der Waals surface area contributed by atoms with E-state index in [1.54, 1.807) is 23.8 Å². The second kappa shape index (κ2) is 8.28. The monoisotopic (exact) mass is 424 g/mol. The highest BCUT2D eigenvalue weighted by molar-refractivity contribution is 7.19. The Morgan fingerprint density at radius 2 is 1.70 bits per heavy atom. The number of halogens is 1. The van der Waals surface area contributed by atoms with Crippen molar-refractivity contribution in [1.82, 2.24) is 9.55 Å². The predicted octanol–water partition coefficient (Wildman–Crippen LogP) is 4.97. The predicted molar refractivity (Wildman–Crippen MR) is 117 cm³/mol. The van der Waals surface area contributed by atoms with Gasteiger partial charge in [0, 0.05) is 10.4 Å². The van der Waals surface area contributed by atoms with Crippen LogP contribution in [0.25, 0.3) is 21.3 Å². The molecule has 4 rings (SSSR count). The summed E-state index contributed by atoms with van der Waals surface area (Å²) in [6, 6.07) is 13.5. The number of hydrogen-bond acceptors (Lipinski definition) is 5. The fraction of sp³-hybridized carbons (Fsp3) is 0.217. The summed E-state index contributed by atoms with van der Waals surface area (Å²) in [4.78, 5) is 19.7. The number of hydrogen-bond donors (Lipinski definition) is 0. The Morgan fingerprint density at radius 1 is 1.03 bits per heavy atom. The fourth-order valence-corrected chi connectivity index (χ4v) is 4.53. The molecule has 0 aliphatic rings. The van der Waals surface area contributed by atoms with Gasteiger partial charge in [-0.3, -0.25) is 9.36 Å². The number of fused-ring (bicyclic) bond motifs is 1. The van der Waals surface area contributed by atoms with Crippen molar-refractivity contribution >= 4 is 21.6 Å². The smallest absolute Gasteiger partial charge is 0.263 e. The summed E-state index contributed by atoms with van der Waals surface area (Å²) < 4.78 is 25.9. The topological polar surface area (TPSA) is 53.4 Å². The SMILES string of the molecule is COc1ccc(OCCn2c(C)nc3sc(C)c(-c4ccc(F)cc4)c3c2=O)cc1. The largest absolute Gasteiger partial charge is 0.497 e. The molecule has 0 unspecified atom stereocenters. The second-order valence-electron chi connectivity index (χ2n) is 6.86. The molecule has 0 atom stereocenters. The van der Waals surface area contributed by atoms with Crippen LogP contribution >= 0.6 is 11.3 Å². The average Bonchev–Trinajstić information content (AvgIpc) is 3.07. The quantitative estimate of drug-likeness (QED) is 0.439. The Hall–Kier alpha value is -3.19. The van der Waals surface area contributed by atoms with Gasteiger partial charge in [0.15, 0.2) is 0 Å². The molecular weight excluding hydrogens is 403 g/mol. The Labute approximate surface area is 177 Å². The van der Waals surface area contributed by atoms with E-state index < -0.39 is 0 Å². The lowest BCUT2D eigenvalue weighted by atomic mass is 10.0. The first-order valence-electron chi connectivity index (χ1n) is 9.51. The van der Waals surface area contributed by atoms with Gasteiger partial charge in [-0.1, -0.05) is 12.1 Å². The number of aryl methyl sites for hydroxylation is 2. The third-order valence-corrected chi connectivity index (χ3v) is 5.95. The maximum absolute atomic E-state index is 13.4. The van der Waals surface area contributed by atoms with Crippen LogP contribution in [0.5, 0.6) is 11.5 Å². The molecule has 0 radical (unpaired) electrons. The summed E-state index contributed by atoms with van der Waals surface area (Å²) in [6.07, 6.45) is 0. The number of methoxy groups -OCH3 is 1. The third kappa shape index (κ3) is 3.80. The molecule has 2 heterocycles. The first kappa shape index (κ1) is 20.1. The number of aromatic nitrogens is 2. The van der Waals surface area contributed by atoms with E-state index in [9.17, 15) is 9.18 Å². The highest BCUT2D eigenvalue weighted by Gasteiger charge is 2.18. The van der Waals surface area contributed by atoms with Crippen LogP contribution in [0.15, 0.2) is 53.3 Å². The second-order valence-corrected chi connectivity index (χ2v) is 8.06. The number of benzene rings is 2. The highest BCUT2D eigenvalue weighted by Crippen LogP contribution is 2.35. The van der Waals surface area contributed by atoms with Crippen molar-refractivity contribution in [2.24, 2.45) is 0 Å². The van der Waals surface area contributed by atoms with Crippen molar-refractivity contribution in [3.05, 3.63) is 75.4 Å². The van der Waals surface area contributed by atoms with Crippen LogP contribution in [0.1, 0.15) is 10.7 Å². The van der Waals surface area contributed by atoms with E-state index in [2.05, 4.69) is 4.98 Å². The first-order valence-corrected chi connectivity index (χ1v) is 10.3. The molecule has 0 amide bonds. The number of thiophene rings is 1. The molecule has 0 bridgehead atoms. The normalized spacial score (nSPS) is 11.1. The van der Waals surface area contributed by atoms with E-state index >= 15 is 0 Å². The van der Waals surface area contributed by atoms with E-state index in [4.69, 9.17) is 9.47 Å². The summed E-state index contributed by atoms with van der Waals surface area (Å²) in [7, 11) is 1.61. The summed E-state index contributed by atoms with van der Waals surface area (Å²) in [5.41, 5.74) is 1.51. The molecule has 0 saturated heterocycles. The van der Waals surface area contributed by atoms with Gasteiger partial charge in [0.1, 0.15) is 34.6 Å². The average molecular weight is 424 g/mol. The van der Waals surface area contributed by atoms with E-state index in [0.717, 1.165) is 21.8 Å². The lowest BCUT2D eigenvalue weighted by Crippen LogP contribution is -2.26. The minimum atomic E-state index is -0.307. The molecule has 0 N–H and O–H groups in total. The van der Waals surface area contributed by atoms with E-state index in [0.29, 0.717) is 34.9 Å². The Morgan fingerprint density at radius 3 is 2.37 bits per heavy atom. The van der Waals surface area contributed by atoms with Gasteiger partial charge in [0.2, 0.25) is 0 Å². The molecule has 0 aliphatic heterocycles. The molecule has 0 saturated carbocycles. The minimum Gasteiger partial charge on any atom is -0.497 e. The van der Waals surface area contributed by atoms with Gasteiger partial charge in [-0.25, -0.2) is 9.37 Å². The lowest BCUT2D eigenvalue weighted by Gasteiger charge is -2.12. The maximum Gasteiger partial charge on any atom is 0.263 e. The van der Waals surface area contributed by atoms with Crippen molar-refractivity contribution in [2.75, 3.05) is 13.7 Å². The van der Waals surface area contributed by atoms with E-state index in [1.807, 2.05) is 38.1 Å². The zero-order chi connectivity index (χ0) is 21.3. The van der Waals surface area contributed by atoms with Gasteiger partial charge in [0.05, 0.1) is 19.0 Å². The lowest BCUT2D eigenvalue weighted by molar-refractivity contribution is 0.294. The Kier molecular flexibility index (Phi) is 5.55. The standard InChI is InChI=1S/C23H21FN2O3S/c1-14-20(16-4-6-17(24)7-5-16)21-22(30-14)25-15(2)26(23(21)27)12-13-29-19-10-8-18(28-3)9-11-19/h4-11H,12-13H2,1-3H3. The van der Waals surface area contributed by atoms with E-state index in [1.165, 1.54) is 23.5 Å². The molecular formula is C23H21FN2O3S. The number of ether oxygens (including phenoxy) is 2. The van der Waals surface area contributed by atoms with Crippen molar-refractivity contribution < 1.29 is 13.9 Å². The van der Waals surface area contributed by atoms with Crippen LogP contribution in [0.3, 0.4) is 0 Å². The summed E-state index contributed by atoms with van der Waals surface area (Å²) in [6.45, 7) is 4.48. The molecule has 0 spiro atoms. The molecule has 2 aromatic carbocycles. The number of rotatable bonds is 6.